The van der Waals surface area contributed by atoms with Crippen LogP contribution < -0.4 is 0 Å². The molecule has 4 unspecified atom stereocenters. The van der Waals surface area contributed by atoms with Gasteiger partial charge < -0.3 is 15.1 Å². The number of hydrogen-bond acceptors (Lipinski definition) is 5. The molecule has 0 bridgehead atoms. The summed E-state index contributed by atoms with van der Waals surface area (Å²) in [7, 11) is 0. The number of halogens is 3. The minimum Gasteiger partial charge on any atom is -0.480 e. The first-order chi connectivity index (χ1) is 12.0. The molecule has 6 nitrogen and oxygen atoms in total. The smallest absolute Gasteiger partial charge is 0.424 e. The number of fused-ring (bicyclic) bond motifs is 1. The Kier molecular flexibility index (Phi) is 4.76. The molecule has 0 spiro atoms. The summed E-state index contributed by atoms with van der Waals surface area (Å²) in [6.07, 6.45) is -4.13. The van der Waals surface area contributed by atoms with Gasteiger partial charge in [-0.05, 0) is 31.6 Å². The molecule has 2 fully saturated rings. The van der Waals surface area contributed by atoms with E-state index in [0.29, 0.717) is 23.5 Å². The molecule has 0 aromatic carbocycles. The number of aromatic nitrogens is 1. The zero-order valence-corrected chi connectivity index (χ0v) is 14.8. The second-order valence-corrected chi connectivity index (χ2v) is 7.87. The number of hydrogen-bond donors (Lipinski definition) is 2. The lowest BCUT2D eigenvalue weighted by Gasteiger charge is -2.31. The molecule has 26 heavy (non-hydrogen) atoms. The molecule has 1 aliphatic carbocycles. The third-order valence-electron chi connectivity index (χ3n) is 5.31. The van der Waals surface area contributed by atoms with Crippen LogP contribution in [-0.4, -0.2) is 50.7 Å². The predicted molar refractivity (Wildman–Crippen MR) is 85.4 cm³/mol. The van der Waals surface area contributed by atoms with Crippen molar-refractivity contribution in [2.75, 3.05) is 6.54 Å². The Morgan fingerprint density at radius 3 is 2.62 bits per heavy atom. The van der Waals surface area contributed by atoms with Gasteiger partial charge in [-0.2, -0.15) is 13.2 Å². The molecule has 1 aliphatic heterocycles. The fourth-order valence-electron chi connectivity index (χ4n) is 4.04. The van der Waals surface area contributed by atoms with Crippen molar-refractivity contribution in [1.29, 1.82) is 0 Å². The van der Waals surface area contributed by atoms with Crippen molar-refractivity contribution in [2.45, 2.75) is 50.4 Å². The second kappa shape index (κ2) is 6.49. The number of alkyl halides is 3. The van der Waals surface area contributed by atoms with Crippen LogP contribution in [0.1, 0.15) is 36.4 Å². The average molecular weight is 392 g/mol. The van der Waals surface area contributed by atoms with E-state index >= 15 is 0 Å². The summed E-state index contributed by atoms with van der Waals surface area (Å²) in [4.78, 5) is 28.9. The van der Waals surface area contributed by atoms with Crippen LogP contribution in [0.3, 0.4) is 0 Å². The number of carboxylic acid groups (broad SMARTS) is 1. The molecule has 144 valence electrons. The number of aliphatic carboxylic acids is 1. The van der Waals surface area contributed by atoms with Crippen LogP contribution in [0.15, 0.2) is 5.38 Å². The van der Waals surface area contributed by atoms with Gasteiger partial charge in [-0.25, -0.2) is 9.78 Å². The first kappa shape index (κ1) is 19.1. The lowest BCUT2D eigenvalue weighted by atomic mass is 9.94. The molecule has 1 saturated heterocycles. The fourth-order valence-corrected chi connectivity index (χ4v) is 4.95. The monoisotopic (exact) mass is 392 g/mol. The second-order valence-electron chi connectivity index (χ2n) is 7.01. The number of carbonyl (C=O) groups is 2. The summed E-state index contributed by atoms with van der Waals surface area (Å²) in [6, 6.07) is -1.13. The highest BCUT2D eigenvalue weighted by atomic mass is 32.1. The Hall–Kier alpha value is -1.68. The van der Waals surface area contributed by atoms with Crippen molar-refractivity contribution >= 4 is 23.2 Å². The third-order valence-corrected chi connectivity index (χ3v) is 6.42. The zero-order chi connectivity index (χ0) is 19.3. The molecule has 2 aliphatic rings. The first-order valence-electron chi connectivity index (χ1n) is 8.28. The number of aryl methyl sites for hydroxylation is 1. The topological polar surface area (TPSA) is 90.7 Å². The maximum absolute atomic E-state index is 13.6. The van der Waals surface area contributed by atoms with E-state index in [1.165, 1.54) is 12.3 Å². The van der Waals surface area contributed by atoms with E-state index < -0.39 is 41.1 Å². The van der Waals surface area contributed by atoms with E-state index in [2.05, 4.69) is 4.98 Å². The van der Waals surface area contributed by atoms with E-state index in [4.69, 9.17) is 0 Å². The van der Waals surface area contributed by atoms with Crippen molar-refractivity contribution in [2.24, 2.45) is 11.8 Å². The van der Waals surface area contributed by atoms with Crippen molar-refractivity contribution in [3.8, 4) is 0 Å². The number of thiazole rings is 1. The lowest BCUT2D eigenvalue weighted by molar-refractivity contribution is -0.268. The van der Waals surface area contributed by atoms with Gasteiger partial charge in [-0.3, -0.25) is 4.79 Å². The fraction of sp³-hybridized carbons (Fsp3) is 0.688. The van der Waals surface area contributed by atoms with Gasteiger partial charge in [-0.15, -0.1) is 11.3 Å². The van der Waals surface area contributed by atoms with Gasteiger partial charge in [0.2, 0.25) is 11.5 Å². The molecule has 2 heterocycles. The van der Waals surface area contributed by atoms with Gasteiger partial charge in [0.25, 0.3) is 0 Å². The minimum absolute atomic E-state index is 0.0128. The van der Waals surface area contributed by atoms with E-state index in [1.54, 1.807) is 0 Å². The lowest BCUT2D eigenvalue weighted by Crippen LogP contribution is -2.50. The van der Waals surface area contributed by atoms with E-state index in [1.807, 2.05) is 0 Å². The van der Waals surface area contributed by atoms with E-state index in [0.717, 1.165) is 17.7 Å². The molecule has 10 heteroatoms. The zero-order valence-electron chi connectivity index (χ0n) is 14.0. The Morgan fingerprint density at radius 2 is 2.08 bits per heavy atom. The van der Waals surface area contributed by atoms with Crippen LogP contribution in [0.4, 0.5) is 13.2 Å². The van der Waals surface area contributed by atoms with Gasteiger partial charge in [0.15, 0.2) is 0 Å². The first-order valence-corrected chi connectivity index (χ1v) is 9.16. The molecule has 2 N–H and O–H groups in total. The Labute approximate surface area is 151 Å². The number of likely N-dealkylation sites (tertiary alicyclic amines) is 1. The van der Waals surface area contributed by atoms with E-state index in [9.17, 15) is 33.0 Å². The predicted octanol–water partition coefficient (Wildman–Crippen LogP) is 2.30. The molecule has 0 radical (unpaired) electrons. The van der Waals surface area contributed by atoms with Crippen molar-refractivity contribution in [3.05, 3.63) is 16.1 Å². The van der Waals surface area contributed by atoms with Crippen molar-refractivity contribution in [1.82, 2.24) is 9.88 Å². The standard InChI is InChI=1S/C16H19F3N2O4S/c1-8-7-26-14(20-8)15(25,16(17,18)19)5-11(22)21-6-9-3-2-4-10(9)12(21)13(23)24/h7,9-10,12,25H,2-6H2,1H3,(H,23,24). The highest BCUT2D eigenvalue weighted by molar-refractivity contribution is 7.09. The van der Waals surface area contributed by atoms with Crippen molar-refractivity contribution in [3.63, 3.8) is 0 Å². The van der Waals surface area contributed by atoms with Gasteiger partial charge >= 0.3 is 12.1 Å². The molecule has 4 atom stereocenters. The summed E-state index contributed by atoms with van der Waals surface area (Å²) in [5.74, 6) is -2.48. The summed E-state index contributed by atoms with van der Waals surface area (Å²) in [5, 5.41) is 20.5. The van der Waals surface area contributed by atoms with Gasteiger partial charge in [-0.1, -0.05) is 6.42 Å². The normalized spacial score (nSPS) is 28.0. The minimum atomic E-state index is -5.11. The van der Waals surface area contributed by atoms with Crippen LogP contribution in [-0.2, 0) is 15.2 Å². The number of rotatable bonds is 4. The highest BCUT2D eigenvalue weighted by Crippen LogP contribution is 2.46. The highest BCUT2D eigenvalue weighted by Gasteiger charge is 2.60. The Bertz CT molecular complexity index is 723. The van der Waals surface area contributed by atoms with Crippen molar-refractivity contribution < 1.29 is 33.0 Å². The number of aliphatic hydroxyl groups is 1. The maximum atomic E-state index is 13.6. The number of carboxylic acids is 1. The molecule has 1 aromatic rings. The molecular formula is C16H19F3N2O4S. The number of amides is 1. The Morgan fingerprint density at radius 1 is 1.38 bits per heavy atom. The third kappa shape index (κ3) is 3.09. The van der Waals surface area contributed by atoms with Crippen LogP contribution in [0, 0.1) is 18.8 Å². The average Bonchev–Trinajstić information content (AvgIpc) is 3.19. The SMILES string of the molecule is Cc1csc(C(O)(CC(=O)N2CC3CCCC3C2C(=O)O)C(F)(F)F)n1. The van der Waals surface area contributed by atoms with Crippen LogP contribution in [0.5, 0.6) is 0 Å². The van der Waals surface area contributed by atoms with E-state index in [-0.39, 0.29) is 18.4 Å². The van der Waals surface area contributed by atoms with Crippen LogP contribution >= 0.6 is 11.3 Å². The van der Waals surface area contributed by atoms with Gasteiger partial charge in [0.05, 0.1) is 6.42 Å². The van der Waals surface area contributed by atoms with Crippen LogP contribution in [0.25, 0.3) is 0 Å². The molecule has 1 amide bonds. The van der Waals surface area contributed by atoms with Crippen LogP contribution in [0.2, 0.25) is 0 Å². The van der Waals surface area contributed by atoms with Gasteiger partial charge in [0, 0.05) is 17.6 Å². The maximum Gasteiger partial charge on any atom is 0.424 e. The summed E-state index contributed by atoms with van der Waals surface area (Å²) >= 11 is 0.624. The summed E-state index contributed by atoms with van der Waals surface area (Å²) < 4.78 is 40.7. The largest absolute Gasteiger partial charge is 0.480 e. The summed E-state index contributed by atoms with van der Waals surface area (Å²) in [5.41, 5.74) is -3.12. The number of nitrogens with zero attached hydrogens (tertiary/aromatic N) is 2. The quantitative estimate of drug-likeness (QED) is 0.821. The molecule has 1 aromatic heterocycles. The molecule has 1 saturated carbocycles. The number of carbonyl (C=O) groups excluding carboxylic acids is 1. The van der Waals surface area contributed by atoms with Gasteiger partial charge in [0.1, 0.15) is 11.0 Å². The molecule has 3 rings (SSSR count). The Balaban J connectivity index is 1.87. The molecular weight excluding hydrogens is 373 g/mol. The summed E-state index contributed by atoms with van der Waals surface area (Å²) in [6.45, 7) is 1.60.